The molecule has 2 N–H and O–H groups in total. The molecule has 0 aliphatic carbocycles. The van der Waals surface area contributed by atoms with Gasteiger partial charge in [-0.1, -0.05) is 55.5 Å². The second-order valence-electron chi connectivity index (χ2n) is 5.42. The minimum atomic E-state index is -0.197. The van der Waals surface area contributed by atoms with Gasteiger partial charge < -0.3 is 10.6 Å². The topological polar surface area (TPSA) is 58.2 Å². The Kier molecular flexibility index (Phi) is 9.72. The highest BCUT2D eigenvalue weighted by Gasteiger charge is 2.06. The molecule has 0 atom stereocenters. The first-order valence-corrected chi connectivity index (χ1v) is 8.76. The number of hydrogen-bond acceptors (Lipinski definition) is 2. The van der Waals surface area contributed by atoms with Crippen molar-refractivity contribution in [3.63, 3.8) is 0 Å². The monoisotopic (exact) mass is 358 g/mol. The van der Waals surface area contributed by atoms with Crippen LogP contribution >= 0.6 is 23.2 Å². The van der Waals surface area contributed by atoms with Crippen molar-refractivity contribution in [2.75, 3.05) is 13.1 Å². The summed E-state index contributed by atoms with van der Waals surface area (Å²) in [7, 11) is 0. The first-order valence-electron chi connectivity index (χ1n) is 8.00. The van der Waals surface area contributed by atoms with Gasteiger partial charge in [-0.3, -0.25) is 9.59 Å². The van der Waals surface area contributed by atoms with Crippen molar-refractivity contribution in [1.29, 1.82) is 0 Å². The first-order chi connectivity index (χ1) is 11.0. The van der Waals surface area contributed by atoms with Crippen LogP contribution < -0.4 is 10.6 Å². The third kappa shape index (κ3) is 8.82. The number of halogens is 2. The Morgan fingerprint density at radius 2 is 1.83 bits per heavy atom. The number of carbonyl (C=O) groups excluding carboxylic acids is 2. The number of unbranched alkanes of at least 4 members (excludes halogenated alkanes) is 3. The van der Waals surface area contributed by atoms with E-state index < -0.39 is 0 Å². The van der Waals surface area contributed by atoms with E-state index in [1.807, 2.05) is 6.07 Å². The molecule has 0 fully saturated rings. The highest BCUT2D eigenvalue weighted by Crippen LogP contribution is 2.20. The third-order valence-corrected chi connectivity index (χ3v) is 4.02. The Labute approximate surface area is 147 Å². The Morgan fingerprint density at radius 3 is 2.52 bits per heavy atom. The lowest BCUT2D eigenvalue weighted by Gasteiger charge is -2.08. The van der Waals surface area contributed by atoms with Crippen molar-refractivity contribution in [2.45, 2.75) is 45.4 Å². The molecule has 0 saturated heterocycles. The van der Waals surface area contributed by atoms with Crippen LogP contribution in [0.15, 0.2) is 18.2 Å². The normalized spacial score (nSPS) is 10.4. The number of benzene rings is 1. The van der Waals surface area contributed by atoms with Gasteiger partial charge in [-0.25, -0.2) is 0 Å². The van der Waals surface area contributed by atoms with Crippen LogP contribution in [-0.4, -0.2) is 24.9 Å². The van der Waals surface area contributed by atoms with Gasteiger partial charge in [0, 0.05) is 23.0 Å². The van der Waals surface area contributed by atoms with Crippen molar-refractivity contribution in [1.82, 2.24) is 10.6 Å². The van der Waals surface area contributed by atoms with Gasteiger partial charge in [0.05, 0.1) is 6.54 Å². The largest absolute Gasteiger partial charge is 0.354 e. The number of carbonyl (C=O) groups is 2. The second-order valence-corrected chi connectivity index (χ2v) is 6.27. The van der Waals surface area contributed by atoms with Crippen LogP contribution in [0.5, 0.6) is 0 Å². The van der Waals surface area contributed by atoms with Crippen LogP contribution in [-0.2, 0) is 16.0 Å². The van der Waals surface area contributed by atoms with Crippen molar-refractivity contribution >= 4 is 35.0 Å². The van der Waals surface area contributed by atoms with Gasteiger partial charge in [-0.05, 0) is 30.5 Å². The summed E-state index contributed by atoms with van der Waals surface area (Å²) in [4.78, 5) is 23.2. The predicted molar refractivity (Wildman–Crippen MR) is 94.9 cm³/mol. The molecule has 0 aromatic heterocycles. The van der Waals surface area contributed by atoms with Crippen molar-refractivity contribution in [3.05, 3.63) is 33.8 Å². The van der Waals surface area contributed by atoms with Gasteiger partial charge in [0.1, 0.15) is 0 Å². The average Bonchev–Trinajstić information content (AvgIpc) is 2.51. The average molecular weight is 359 g/mol. The summed E-state index contributed by atoms with van der Waals surface area (Å²) in [6.07, 6.45) is 5.30. The van der Waals surface area contributed by atoms with E-state index >= 15 is 0 Å². The van der Waals surface area contributed by atoms with Gasteiger partial charge in [0.25, 0.3) is 0 Å². The highest BCUT2D eigenvalue weighted by atomic mass is 35.5. The molecule has 1 rings (SSSR count). The molecule has 2 amide bonds. The van der Waals surface area contributed by atoms with E-state index in [9.17, 15) is 9.59 Å². The number of amides is 2. The van der Waals surface area contributed by atoms with E-state index in [4.69, 9.17) is 23.2 Å². The molecule has 4 nitrogen and oxygen atoms in total. The van der Waals surface area contributed by atoms with Gasteiger partial charge in [0.2, 0.25) is 11.8 Å². The fraction of sp³-hybridized carbons (Fsp3) is 0.529. The zero-order valence-corrected chi connectivity index (χ0v) is 15.0. The van der Waals surface area contributed by atoms with Crippen LogP contribution in [0, 0.1) is 0 Å². The van der Waals surface area contributed by atoms with Gasteiger partial charge in [-0.2, -0.15) is 0 Å². The summed E-state index contributed by atoms with van der Waals surface area (Å²) < 4.78 is 0. The predicted octanol–water partition coefficient (Wildman–Crippen LogP) is 3.74. The van der Waals surface area contributed by atoms with Crippen LogP contribution in [0.1, 0.15) is 44.6 Å². The summed E-state index contributed by atoms with van der Waals surface area (Å²) in [6, 6.07) is 5.29. The van der Waals surface area contributed by atoms with Crippen LogP contribution in [0.4, 0.5) is 0 Å². The lowest BCUT2D eigenvalue weighted by molar-refractivity contribution is -0.126. The molecular formula is C17H24Cl2N2O2. The van der Waals surface area contributed by atoms with Gasteiger partial charge in [-0.15, -0.1) is 0 Å². The summed E-state index contributed by atoms with van der Waals surface area (Å²) >= 11 is 11.9. The number of hydrogen-bond donors (Lipinski definition) is 2. The quantitative estimate of drug-likeness (QED) is 0.626. The van der Waals surface area contributed by atoms with Crippen molar-refractivity contribution in [2.24, 2.45) is 0 Å². The Hall–Kier alpha value is -1.26. The molecule has 0 radical (unpaired) electrons. The Balaban J connectivity index is 2.15. The van der Waals surface area contributed by atoms with Crippen molar-refractivity contribution in [3.8, 4) is 0 Å². The third-order valence-electron chi connectivity index (χ3n) is 3.44. The summed E-state index contributed by atoms with van der Waals surface area (Å²) in [5.41, 5.74) is 0.927. The van der Waals surface area contributed by atoms with Crippen molar-refractivity contribution < 1.29 is 9.59 Å². The van der Waals surface area contributed by atoms with E-state index in [-0.39, 0.29) is 18.4 Å². The molecule has 23 heavy (non-hydrogen) atoms. The molecule has 1 aromatic carbocycles. The molecule has 128 valence electrons. The fourth-order valence-electron chi connectivity index (χ4n) is 2.10. The minimum absolute atomic E-state index is 0.0148. The molecule has 0 saturated carbocycles. The molecule has 0 aliphatic rings. The van der Waals surface area contributed by atoms with Gasteiger partial charge in [0.15, 0.2) is 0 Å². The Bertz CT molecular complexity index is 521. The molecule has 0 bridgehead atoms. The number of nitrogens with one attached hydrogen (secondary N) is 2. The molecule has 0 heterocycles. The zero-order valence-electron chi connectivity index (χ0n) is 13.5. The van der Waals surface area contributed by atoms with E-state index in [0.717, 1.165) is 31.2 Å². The lowest BCUT2D eigenvalue weighted by Crippen LogP contribution is -2.37. The molecule has 1 aromatic rings. The maximum absolute atomic E-state index is 11.7. The molecule has 0 unspecified atom stereocenters. The molecule has 0 spiro atoms. The summed E-state index contributed by atoms with van der Waals surface area (Å²) in [5, 5.41) is 6.57. The van der Waals surface area contributed by atoms with Crippen LogP contribution in [0.2, 0.25) is 10.0 Å². The standard InChI is InChI=1S/C17H24Cl2N2O2/c1-2-3-4-5-6-16(22)21-12-17(23)20-10-9-13-7-8-14(18)11-15(13)19/h7-8,11H,2-6,9-10,12H2,1H3,(H,20,23)(H,21,22). The zero-order chi connectivity index (χ0) is 17.1. The van der Waals surface area contributed by atoms with E-state index in [2.05, 4.69) is 17.6 Å². The van der Waals surface area contributed by atoms with Gasteiger partial charge >= 0.3 is 0 Å². The smallest absolute Gasteiger partial charge is 0.239 e. The SMILES string of the molecule is CCCCCCC(=O)NCC(=O)NCCc1ccc(Cl)cc1Cl. The second kappa shape index (κ2) is 11.3. The van der Waals surface area contributed by atoms with Crippen LogP contribution in [0.3, 0.4) is 0 Å². The van der Waals surface area contributed by atoms with Crippen LogP contribution in [0.25, 0.3) is 0 Å². The fourth-order valence-corrected chi connectivity index (χ4v) is 2.61. The summed E-state index contributed by atoms with van der Waals surface area (Å²) in [5.74, 6) is -0.269. The van der Waals surface area contributed by atoms with E-state index in [1.54, 1.807) is 12.1 Å². The number of rotatable bonds is 10. The molecular weight excluding hydrogens is 335 g/mol. The van der Waals surface area contributed by atoms with E-state index in [1.165, 1.54) is 0 Å². The maximum Gasteiger partial charge on any atom is 0.239 e. The van der Waals surface area contributed by atoms with E-state index in [0.29, 0.717) is 29.4 Å². The maximum atomic E-state index is 11.7. The first kappa shape index (κ1) is 19.8. The highest BCUT2D eigenvalue weighted by molar-refractivity contribution is 6.35. The Morgan fingerprint density at radius 1 is 1.04 bits per heavy atom. The molecule has 0 aliphatic heterocycles. The molecule has 6 heteroatoms. The lowest BCUT2D eigenvalue weighted by atomic mass is 10.1. The minimum Gasteiger partial charge on any atom is -0.354 e. The summed E-state index contributed by atoms with van der Waals surface area (Å²) in [6.45, 7) is 2.61.